The Hall–Kier alpha value is -1.71. The maximum atomic E-state index is 11.9. The zero-order chi connectivity index (χ0) is 14.1. The molecule has 1 rings (SSSR count). The van der Waals surface area contributed by atoms with Gasteiger partial charge in [0.25, 0.3) is 0 Å². The number of nitrogens with two attached hydrogens (primary N) is 1. The first-order valence-electron chi connectivity index (χ1n) is 7.08. The summed E-state index contributed by atoms with van der Waals surface area (Å²) in [6.07, 6.45) is 5.42. The van der Waals surface area contributed by atoms with Gasteiger partial charge in [0.15, 0.2) is 0 Å². The molecule has 106 valence electrons. The molecule has 1 atom stereocenters. The molecule has 1 aromatic rings. The smallest absolute Gasteiger partial charge is 0.319 e. The van der Waals surface area contributed by atoms with Crippen molar-refractivity contribution in [1.29, 1.82) is 0 Å². The fourth-order valence-corrected chi connectivity index (χ4v) is 2.06. The minimum Gasteiger partial charge on any atom is -0.399 e. The molecule has 0 aliphatic heterocycles. The Morgan fingerprint density at radius 1 is 1.26 bits per heavy atom. The van der Waals surface area contributed by atoms with Crippen molar-refractivity contribution in [2.45, 2.75) is 52.0 Å². The molecular formula is C15H25N3O. The number of carbonyl (C=O) groups excluding carboxylic acids is 1. The molecule has 0 heterocycles. The van der Waals surface area contributed by atoms with Crippen molar-refractivity contribution in [2.24, 2.45) is 0 Å². The second kappa shape index (κ2) is 8.40. The van der Waals surface area contributed by atoms with E-state index in [4.69, 9.17) is 5.73 Å². The molecule has 0 aliphatic rings. The summed E-state index contributed by atoms with van der Waals surface area (Å²) < 4.78 is 0. The number of unbranched alkanes of at least 4 members (excludes halogenated alkanes) is 1. The number of benzene rings is 1. The Morgan fingerprint density at radius 3 is 2.68 bits per heavy atom. The predicted octanol–water partition coefficient (Wildman–Crippen LogP) is 3.75. The molecule has 1 unspecified atom stereocenters. The Balaban J connectivity index is 2.47. The van der Waals surface area contributed by atoms with Crippen LogP contribution in [0, 0.1) is 0 Å². The highest BCUT2D eigenvalue weighted by Gasteiger charge is 2.10. The molecule has 0 fully saturated rings. The average Bonchev–Trinajstić information content (AvgIpc) is 2.36. The molecule has 19 heavy (non-hydrogen) atoms. The van der Waals surface area contributed by atoms with Crippen LogP contribution in [0.15, 0.2) is 24.3 Å². The van der Waals surface area contributed by atoms with E-state index in [2.05, 4.69) is 24.5 Å². The second-order valence-electron chi connectivity index (χ2n) is 4.85. The lowest BCUT2D eigenvalue weighted by Gasteiger charge is -2.18. The summed E-state index contributed by atoms with van der Waals surface area (Å²) in [5.41, 5.74) is 7.05. The molecule has 4 N–H and O–H groups in total. The summed E-state index contributed by atoms with van der Waals surface area (Å²) in [4.78, 5) is 11.9. The van der Waals surface area contributed by atoms with Gasteiger partial charge < -0.3 is 16.4 Å². The lowest BCUT2D eigenvalue weighted by molar-refractivity contribution is 0.246. The second-order valence-corrected chi connectivity index (χ2v) is 4.85. The molecule has 0 spiro atoms. The lowest BCUT2D eigenvalue weighted by Crippen LogP contribution is -2.37. The van der Waals surface area contributed by atoms with Crippen molar-refractivity contribution >= 4 is 17.4 Å². The highest BCUT2D eigenvalue weighted by molar-refractivity contribution is 5.89. The normalized spacial score (nSPS) is 11.9. The first-order valence-corrected chi connectivity index (χ1v) is 7.08. The quantitative estimate of drug-likeness (QED) is 0.656. The van der Waals surface area contributed by atoms with Crippen LogP contribution < -0.4 is 16.4 Å². The largest absolute Gasteiger partial charge is 0.399 e. The van der Waals surface area contributed by atoms with E-state index in [1.54, 1.807) is 12.1 Å². The average molecular weight is 263 g/mol. The van der Waals surface area contributed by atoms with Gasteiger partial charge in [0, 0.05) is 17.4 Å². The minimum atomic E-state index is -0.153. The molecule has 0 saturated heterocycles. The van der Waals surface area contributed by atoms with Crippen molar-refractivity contribution < 1.29 is 4.79 Å². The maximum Gasteiger partial charge on any atom is 0.319 e. The van der Waals surface area contributed by atoms with Gasteiger partial charge in [-0.3, -0.25) is 0 Å². The van der Waals surface area contributed by atoms with Crippen LogP contribution in [-0.2, 0) is 0 Å². The number of rotatable bonds is 7. The number of nitrogens with one attached hydrogen (secondary N) is 2. The summed E-state index contributed by atoms with van der Waals surface area (Å²) >= 11 is 0. The molecule has 0 aromatic heterocycles. The number of anilines is 2. The third-order valence-corrected chi connectivity index (χ3v) is 3.02. The Morgan fingerprint density at radius 2 is 2.05 bits per heavy atom. The number of nitrogen functional groups attached to an aromatic ring is 1. The van der Waals surface area contributed by atoms with E-state index in [1.165, 1.54) is 0 Å². The summed E-state index contributed by atoms with van der Waals surface area (Å²) in [5, 5.41) is 5.85. The monoisotopic (exact) mass is 263 g/mol. The van der Waals surface area contributed by atoms with Crippen LogP contribution in [0.5, 0.6) is 0 Å². The van der Waals surface area contributed by atoms with Gasteiger partial charge in [0.05, 0.1) is 0 Å². The standard InChI is InChI=1S/C15H25N3O/c1-3-5-9-13(7-4-2)17-15(19)18-14-10-6-8-12(16)11-14/h6,8,10-11,13H,3-5,7,9,16H2,1-2H3,(H2,17,18,19). The molecule has 4 heteroatoms. The van der Waals surface area contributed by atoms with Crippen LogP contribution in [0.25, 0.3) is 0 Å². The minimum absolute atomic E-state index is 0.153. The van der Waals surface area contributed by atoms with Gasteiger partial charge in [-0.15, -0.1) is 0 Å². The molecular weight excluding hydrogens is 238 g/mol. The van der Waals surface area contributed by atoms with Gasteiger partial charge in [0.1, 0.15) is 0 Å². The van der Waals surface area contributed by atoms with Crippen molar-refractivity contribution in [3.05, 3.63) is 24.3 Å². The first kappa shape index (κ1) is 15.3. The van der Waals surface area contributed by atoms with E-state index >= 15 is 0 Å². The Labute approximate surface area is 115 Å². The summed E-state index contributed by atoms with van der Waals surface area (Å²) in [5.74, 6) is 0. The van der Waals surface area contributed by atoms with Crippen molar-refractivity contribution in [3.8, 4) is 0 Å². The van der Waals surface area contributed by atoms with Gasteiger partial charge in [-0.2, -0.15) is 0 Å². The Bertz CT molecular complexity index is 393. The fourth-order valence-electron chi connectivity index (χ4n) is 2.06. The fraction of sp³-hybridized carbons (Fsp3) is 0.533. The van der Waals surface area contributed by atoms with E-state index in [0.29, 0.717) is 5.69 Å². The van der Waals surface area contributed by atoms with Gasteiger partial charge in [-0.1, -0.05) is 39.2 Å². The van der Waals surface area contributed by atoms with Crippen molar-refractivity contribution in [3.63, 3.8) is 0 Å². The topological polar surface area (TPSA) is 67.2 Å². The van der Waals surface area contributed by atoms with Gasteiger partial charge >= 0.3 is 6.03 Å². The number of amides is 2. The molecule has 0 aliphatic carbocycles. The molecule has 1 aromatic carbocycles. The van der Waals surface area contributed by atoms with Crippen molar-refractivity contribution in [1.82, 2.24) is 5.32 Å². The van der Waals surface area contributed by atoms with Gasteiger partial charge in [-0.25, -0.2) is 4.79 Å². The van der Waals surface area contributed by atoms with Crippen molar-refractivity contribution in [2.75, 3.05) is 11.1 Å². The predicted molar refractivity (Wildman–Crippen MR) is 81.2 cm³/mol. The van der Waals surface area contributed by atoms with Crippen LogP contribution in [0.1, 0.15) is 46.0 Å². The van der Waals surface area contributed by atoms with E-state index in [0.717, 1.165) is 37.8 Å². The van der Waals surface area contributed by atoms with E-state index in [1.807, 2.05) is 12.1 Å². The zero-order valence-electron chi connectivity index (χ0n) is 11.9. The van der Waals surface area contributed by atoms with Crippen LogP contribution in [0.4, 0.5) is 16.2 Å². The maximum absolute atomic E-state index is 11.9. The highest BCUT2D eigenvalue weighted by Crippen LogP contribution is 2.12. The molecule has 4 nitrogen and oxygen atoms in total. The number of urea groups is 1. The number of hydrogen-bond acceptors (Lipinski definition) is 2. The molecule has 0 saturated carbocycles. The van der Waals surface area contributed by atoms with Gasteiger partial charge in [-0.05, 0) is 31.0 Å². The van der Waals surface area contributed by atoms with Crippen LogP contribution >= 0.6 is 0 Å². The molecule has 0 radical (unpaired) electrons. The van der Waals surface area contributed by atoms with Crippen LogP contribution in [-0.4, -0.2) is 12.1 Å². The molecule has 0 bridgehead atoms. The number of hydrogen-bond donors (Lipinski definition) is 3. The molecule has 2 amide bonds. The van der Waals surface area contributed by atoms with E-state index < -0.39 is 0 Å². The SMILES string of the molecule is CCCCC(CCC)NC(=O)Nc1cccc(N)c1. The number of carbonyl (C=O) groups is 1. The summed E-state index contributed by atoms with van der Waals surface area (Å²) in [6, 6.07) is 7.30. The summed E-state index contributed by atoms with van der Waals surface area (Å²) in [6.45, 7) is 4.30. The van der Waals surface area contributed by atoms with Gasteiger partial charge in [0.2, 0.25) is 0 Å². The lowest BCUT2D eigenvalue weighted by atomic mass is 10.1. The zero-order valence-corrected chi connectivity index (χ0v) is 11.9. The van der Waals surface area contributed by atoms with E-state index in [-0.39, 0.29) is 12.1 Å². The highest BCUT2D eigenvalue weighted by atomic mass is 16.2. The van der Waals surface area contributed by atoms with Crippen LogP contribution in [0.2, 0.25) is 0 Å². The Kier molecular flexibility index (Phi) is 6.79. The third-order valence-electron chi connectivity index (χ3n) is 3.02. The van der Waals surface area contributed by atoms with E-state index in [9.17, 15) is 4.79 Å². The third kappa shape index (κ3) is 6.13. The summed E-state index contributed by atoms with van der Waals surface area (Å²) in [7, 11) is 0. The van der Waals surface area contributed by atoms with Crippen LogP contribution in [0.3, 0.4) is 0 Å². The first-order chi connectivity index (χ1) is 9.15.